The summed E-state index contributed by atoms with van der Waals surface area (Å²) in [7, 11) is 0. The molecule has 0 atom stereocenters. The van der Waals surface area contributed by atoms with Gasteiger partial charge in [0, 0.05) is 13.1 Å². The molecule has 3 N–H and O–H groups in total. The second kappa shape index (κ2) is 14.3. The third kappa shape index (κ3) is 14.6. The molecule has 0 heterocycles. The molecule has 5 nitrogen and oxygen atoms in total. The Morgan fingerprint density at radius 3 is 1.62 bits per heavy atom. The topological polar surface area (TPSA) is 73.2 Å². The molecule has 13 heavy (non-hydrogen) atoms. The lowest BCUT2D eigenvalue weighted by Gasteiger charge is -2.16. The van der Waals surface area contributed by atoms with Crippen molar-refractivity contribution in [3.05, 3.63) is 0 Å². The zero-order valence-corrected chi connectivity index (χ0v) is 8.44. The lowest BCUT2D eigenvalue weighted by atomic mass is 10.6. The third-order valence-electron chi connectivity index (χ3n) is 1.17. The van der Waals surface area contributed by atoms with E-state index < -0.39 is 0 Å². The SMILES string of the molecule is CCN(CC)OCCO.OCCO. The number of rotatable bonds is 6. The minimum atomic E-state index is -0.125. The van der Waals surface area contributed by atoms with Crippen LogP contribution >= 0.6 is 0 Å². The monoisotopic (exact) mass is 195 g/mol. The van der Waals surface area contributed by atoms with Gasteiger partial charge in [0.2, 0.25) is 0 Å². The Bertz CT molecular complexity index is 76.5. The molecule has 0 aliphatic heterocycles. The summed E-state index contributed by atoms with van der Waals surface area (Å²) in [5, 5.41) is 25.4. The Balaban J connectivity index is 0. The maximum Gasteiger partial charge on any atom is 0.0916 e. The fraction of sp³-hybridized carbons (Fsp3) is 1.00. The van der Waals surface area contributed by atoms with E-state index >= 15 is 0 Å². The van der Waals surface area contributed by atoms with Gasteiger partial charge in [0.25, 0.3) is 0 Å². The molecule has 0 saturated heterocycles. The lowest BCUT2D eigenvalue weighted by molar-refractivity contribution is -0.159. The molecule has 0 spiro atoms. The van der Waals surface area contributed by atoms with Gasteiger partial charge >= 0.3 is 0 Å². The summed E-state index contributed by atoms with van der Waals surface area (Å²) in [5.41, 5.74) is 0. The van der Waals surface area contributed by atoms with E-state index in [9.17, 15) is 0 Å². The highest BCUT2D eigenvalue weighted by Crippen LogP contribution is 1.86. The van der Waals surface area contributed by atoms with Crippen molar-refractivity contribution in [1.82, 2.24) is 5.06 Å². The zero-order valence-electron chi connectivity index (χ0n) is 8.44. The van der Waals surface area contributed by atoms with Gasteiger partial charge in [-0.15, -0.1) is 0 Å². The Labute approximate surface area is 79.5 Å². The molecule has 0 saturated carbocycles. The fourth-order valence-corrected chi connectivity index (χ4v) is 0.576. The molecule has 0 aromatic rings. The van der Waals surface area contributed by atoms with Gasteiger partial charge in [0.05, 0.1) is 26.4 Å². The van der Waals surface area contributed by atoms with Crippen LogP contribution in [0.1, 0.15) is 13.8 Å². The van der Waals surface area contributed by atoms with Crippen LogP contribution in [0.25, 0.3) is 0 Å². The Hall–Kier alpha value is -0.200. The Kier molecular flexibility index (Phi) is 16.8. The van der Waals surface area contributed by atoms with E-state index in [2.05, 4.69) is 0 Å². The van der Waals surface area contributed by atoms with Crippen molar-refractivity contribution in [2.24, 2.45) is 0 Å². The summed E-state index contributed by atoms with van der Waals surface area (Å²) in [5.74, 6) is 0. The van der Waals surface area contributed by atoms with Crippen molar-refractivity contribution >= 4 is 0 Å². The van der Waals surface area contributed by atoms with E-state index in [4.69, 9.17) is 20.2 Å². The average molecular weight is 195 g/mol. The number of aliphatic hydroxyl groups is 3. The minimum Gasteiger partial charge on any atom is -0.394 e. The summed E-state index contributed by atoms with van der Waals surface area (Å²) in [6.07, 6.45) is 0. The first kappa shape index (κ1) is 15.3. The maximum atomic E-state index is 8.35. The first-order valence-corrected chi connectivity index (χ1v) is 4.47. The number of hydroxylamine groups is 2. The average Bonchev–Trinajstić information content (AvgIpc) is 2.20. The highest BCUT2D eigenvalue weighted by Gasteiger charge is 1.95. The molecule has 0 aromatic heterocycles. The lowest BCUT2D eigenvalue weighted by Crippen LogP contribution is -2.24. The summed E-state index contributed by atoms with van der Waals surface area (Å²) >= 11 is 0. The van der Waals surface area contributed by atoms with E-state index in [1.54, 1.807) is 5.06 Å². The molecule has 0 rings (SSSR count). The highest BCUT2D eigenvalue weighted by molar-refractivity contribution is 4.32. The molecular weight excluding hydrogens is 174 g/mol. The smallest absolute Gasteiger partial charge is 0.0916 e. The van der Waals surface area contributed by atoms with Crippen LogP contribution < -0.4 is 0 Å². The molecule has 0 aromatic carbocycles. The van der Waals surface area contributed by atoms with Gasteiger partial charge in [-0.2, -0.15) is 5.06 Å². The maximum absolute atomic E-state index is 8.35. The molecule has 0 unspecified atom stereocenters. The summed E-state index contributed by atoms with van der Waals surface area (Å²) < 4.78 is 0. The molecule has 0 aliphatic rings. The predicted octanol–water partition coefficient (Wildman–Crippen LogP) is -0.777. The van der Waals surface area contributed by atoms with Crippen LogP contribution in [0.15, 0.2) is 0 Å². The van der Waals surface area contributed by atoms with E-state index in [0.29, 0.717) is 6.61 Å². The van der Waals surface area contributed by atoms with Crippen LogP contribution in [-0.4, -0.2) is 59.9 Å². The van der Waals surface area contributed by atoms with Crippen LogP contribution in [0.3, 0.4) is 0 Å². The van der Waals surface area contributed by atoms with E-state index in [1.807, 2.05) is 13.8 Å². The number of aliphatic hydroxyl groups excluding tert-OH is 3. The number of nitrogens with zero attached hydrogens (tertiary/aromatic N) is 1. The highest BCUT2D eigenvalue weighted by atomic mass is 16.7. The first-order chi connectivity index (χ1) is 6.26. The second-order valence-corrected chi connectivity index (χ2v) is 2.12. The molecule has 0 radical (unpaired) electrons. The standard InChI is InChI=1S/C6H15NO2.C2H6O2/c1-3-7(4-2)9-6-5-8;3-1-2-4/h8H,3-6H2,1-2H3;3-4H,1-2H2. The van der Waals surface area contributed by atoms with E-state index in [0.717, 1.165) is 13.1 Å². The van der Waals surface area contributed by atoms with Gasteiger partial charge in [-0.25, -0.2) is 0 Å². The van der Waals surface area contributed by atoms with E-state index in [-0.39, 0.29) is 19.8 Å². The van der Waals surface area contributed by atoms with Gasteiger partial charge in [-0.05, 0) is 0 Å². The molecule has 0 amide bonds. The Morgan fingerprint density at radius 2 is 1.38 bits per heavy atom. The molecular formula is C8H21NO4. The fourth-order valence-electron chi connectivity index (χ4n) is 0.576. The number of hydrogen-bond acceptors (Lipinski definition) is 5. The van der Waals surface area contributed by atoms with Gasteiger partial charge in [-0.3, -0.25) is 4.84 Å². The van der Waals surface area contributed by atoms with Gasteiger partial charge in [-0.1, -0.05) is 13.8 Å². The van der Waals surface area contributed by atoms with E-state index in [1.165, 1.54) is 0 Å². The van der Waals surface area contributed by atoms with Gasteiger partial charge in [0.15, 0.2) is 0 Å². The molecule has 82 valence electrons. The van der Waals surface area contributed by atoms with Crippen molar-refractivity contribution in [2.45, 2.75) is 13.8 Å². The molecule has 0 bridgehead atoms. The number of hydrogen-bond donors (Lipinski definition) is 3. The first-order valence-electron chi connectivity index (χ1n) is 4.47. The predicted molar refractivity (Wildman–Crippen MR) is 50.1 cm³/mol. The van der Waals surface area contributed by atoms with Crippen LogP contribution in [-0.2, 0) is 4.84 Å². The molecule has 0 fully saturated rings. The summed E-state index contributed by atoms with van der Waals surface area (Å²) in [6, 6.07) is 0. The molecule has 0 aliphatic carbocycles. The summed E-state index contributed by atoms with van der Waals surface area (Å²) in [4.78, 5) is 5.07. The van der Waals surface area contributed by atoms with Crippen molar-refractivity contribution in [3.8, 4) is 0 Å². The van der Waals surface area contributed by atoms with Crippen LogP contribution in [0, 0.1) is 0 Å². The third-order valence-corrected chi connectivity index (χ3v) is 1.17. The quantitative estimate of drug-likeness (QED) is 0.485. The summed E-state index contributed by atoms with van der Waals surface area (Å²) in [6.45, 7) is 6.02. The second-order valence-electron chi connectivity index (χ2n) is 2.12. The minimum absolute atomic E-state index is 0.0938. The zero-order chi connectivity index (χ0) is 10.5. The van der Waals surface area contributed by atoms with Crippen LogP contribution in [0.4, 0.5) is 0 Å². The van der Waals surface area contributed by atoms with Crippen molar-refractivity contribution < 1.29 is 20.2 Å². The van der Waals surface area contributed by atoms with Crippen molar-refractivity contribution in [3.63, 3.8) is 0 Å². The molecule has 5 heteroatoms. The van der Waals surface area contributed by atoms with Crippen LogP contribution in [0.2, 0.25) is 0 Å². The van der Waals surface area contributed by atoms with Crippen LogP contribution in [0.5, 0.6) is 0 Å². The van der Waals surface area contributed by atoms with Crippen molar-refractivity contribution in [1.29, 1.82) is 0 Å². The normalized spacial score (nSPS) is 9.69. The Morgan fingerprint density at radius 1 is 0.923 bits per heavy atom. The van der Waals surface area contributed by atoms with Crippen molar-refractivity contribution in [2.75, 3.05) is 39.5 Å². The van der Waals surface area contributed by atoms with Gasteiger partial charge in [0.1, 0.15) is 0 Å². The largest absolute Gasteiger partial charge is 0.394 e. The van der Waals surface area contributed by atoms with Gasteiger partial charge < -0.3 is 15.3 Å².